The number of carbonyl (C=O) groups excluding carboxylic acids is 2. The number of hydrogen-bond acceptors (Lipinski definition) is 5. The SMILES string of the molecule is O=C(NCCNC(=O)c1cc2c(F)cccc2s1)c1ccc(O[C@H]2CC[C@@H](C(=O)O)CC2)cc1. The third kappa shape index (κ3) is 5.72. The molecule has 0 unspecified atom stereocenters. The maximum atomic E-state index is 13.8. The summed E-state index contributed by atoms with van der Waals surface area (Å²) in [6.07, 6.45) is 2.59. The van der Waals surface area contributed by atoms with Crippen molar-refractivity contribution >= 4 is 39.2 Å². The predicted molar refractivity (Wildman–Crippen MR) is 127 cm³/mol. The molecule has 9 heteroatoms. The van der Waals surface area contributed by atoms with E-state index in [9.17, 15) is 18.8 Å². The van der Waals surface area contributed by atoms with Crippen molar-refractivity contribution in [2.45, 2.75) is 31.8 Å². The fraction of sp³-hybridized carbons (Fsp3) is 0.320. The highest BCUT2D eigenvalue weighted by molar-refractivity contribution is 7.20. The summed E-state index contributed by atoms with van der Waals surface area (Å²) in [5, 5.41) is 15.0. The van der Waals surface area contributed by atoms with Gasteiger partial charge < -0.3 is 20.5 Å². The van der Waals surface area contributed by atoms with Gasteiger partial charge in [-0.25, -0.2) is 4.39 Å². The number of nitrogens with one attached hydrogen (secondary N) is 2. The Morgan fingerprint density at radius 1 is 0.971 bits per heavy atom. The van der Waals surface area contributed by atoms with E-state index >= 15 is 0 Å². The molecule has 1 aromatic heterocycles. The number of aliphatic carboxylic acids is 1. The lowest BCUT2D eigenvalue weighted by Gasteiger charge is -2.26. The van der Waals surface area contributed by atoms with Crippen LogP contribution in [-0.4, -0.2) is 42.1 Å². The van der Waals surface area contributed by atoms with E-state index in [1.165, 1.54) is 23.5 Å². The van der Waals surface area contributed by atoms with Gasteiger partial charge in [0.15, 0.2) is 0 Å². The fourth-order valence-corrected chi connectivity index (χ4v) is 4.97. The smallest absolute Gasteiger partial charge is 0.306 e. The van der Waals surface area contributed by atoms with Crippen LogP contribution in [-0.2, 0) is 4.79 Å². The maximum absolute atomic E-state index is 13.8. The standard InChI is InChI=1S/C25H25FN2O5S/c26-20-2-1-3-21-19(20)14-22(34-21)24(30)28-13-12-27-23(29)15-4-8-17(9-5-15)33-18-10-6-16(7-11-18)25(31)32/h1-5,8-9,14,16,18H,6-7,10-13H2,(H,27,29)(H,28,30)(H,31,32)/t16-,18+. The van der Waals surface area contributed by atoms with E-state index in [0.717, 1.165) is 0 Å². The van der Waals surface area contributed by atoms with Crippen molar-refractivity contribution in [3.05, 3.63) is 64.8 Å². The number of halogens is 1. The molecular weight excluding hydrogens is 459 g/mol. The summed E-state index contributed by atoms with van der Waals surface area (Å²) >= 11 is 1.22. The van der Waals surface area contributed by atoms with Crippen LogP contribution in [0.5, 0.6) is 5.75 Å². The van der Waals surface area contributed by atoms with E-state index in [2.05, 4.69) is 10.6 Å². The number of amides is 2. The van der Waals surface area contributed by atoms with Crippen molar-refractivity contribution in [2.75, 3.05) is 13.1 Å². The van der Waals surface area contributed by atoms with Gasteiger partial charge in [-0.15, -0.1) is 11.3 Å². The molecule has 0 aliphatic heterocycles. The summed E-state index contributed by atoms with van der Waals surface area (Å²) in [6.45, 7) is 0.483. The Morgan fingerprint density at radius 3 is 2.29 bits per heavy atom. The molecule has 2 amide bonds. The highest BCUT2D eigenvalue weighted by atomic mass is 32.1. The Hall–Kier alpha value is -3.46. The van der Waals surface area contributed by atoms with Crippen molar-refractivity contribution in [1.29, 1.82) is 0 Å². The molecule has 34 heavy (non-hydrogen) atoms. The zero-order valence-corrected chi connectivity index (χ0v) is 19.2. The summed E-state index contributed by atoms with van der Waals surface area (Å²) in [5.41, 5.74) is 0.466. The number of thiophene rings is 1. The third-order valence-electron chi connectivity index (χ3n) is 5.87. The molecule has 1 aliphatic rings. The van der Waals surface area contributed by atoms with Gasteiger partial charge >= 0.3 is 5.97 Å². The van der Waals surface area contributed by atoms with Gasteiger partial charge in [0.2, 0.25) is 0 Å². The highest BCUT2D eigenvalue weighted by Crippen LogP contribution is 2.28. The van der Waals surface area contributed by atoms with Gasteiger partial charge in [-0.3, -0.25) is 14.4 Å². The summed E-state index contributed by atoms with van der Waals surface area (Å²) in [7, 11) is 0. The van der Waals surface area contributed by atoms with Crippen molar-refractivity contribution in [2.24, 2.45) is 5.92 Å². The number of carboxylic acid groups (broad SMARTS) is 1. The first kappa shape index (κ1) is 23.7. The minimum absolute atomic E-state index is 0.0173. The summed E-state index contributed by atoms with van der Waals surface area (Å²) < 4.78 is 20.4. The number of benzene rings is 2. The topological polar surface area (TPSA) is 105 Å². The predicted octanol–water partition coefficient (Wildman–Crippen LogP) is 4.22. The quantitative estimate of drug-likeness (QED) is 0.415. The van der Waals surface area contributed by atoms with Crippen molar-refractivity contribution in [1.82, 2.24) is 10.6 Å². The van der Waals surface area contributed by atoms with E-state index in [0.29, 0.717) is 52.0 Å². The van der Waals surface area contributed by atoms with Crippen LogP contribution < -0.4 is 15.4 Å². The van der Waals surface area contributed by atoms with Gasteiger partial charge in [0.25, 0.3) is 11.8 Å². The molecule has 4 rings (SSSR count). The van der Waals surface area contributed by atoms with Gasteiger partial charge in [0.05, 0.1) is 16.9 Å². The average Bonchev–Trinajstić information content (AvgIpc) is 3.28. The second kappa shape index (κ2) is 10.6. The number of rotatable bonds is 8. The molecule has 0 atom stereocenters. The molecule has 2 aromatic carbocycles. The van der Waals surface area contributed by atoms with Gasteiger partial charge in [-0.1, -0.05) is 6.07 Å². The number of carbonyl (C=O) groups is 3. The number of hydrogen-bond donors (Lipinski definition) is 3. The number of ether oxygens (including phenoxy) is 1. The minimum Gasteiger partial charge on any atom is -0.490 e. The van der Waals surface area contributed by atoms with E-state index in [1.54, 1.807) is 36.4 Å². The Labute approximate surface area is 199 Å². The molecule has 178 valence electrons. The molecule has 1 fully saturated rings. The van der Waals surface area contributed by atoms with Crippen molar-refractivity contribution < 1.29 is 28.6 Å². The van der Waals surface area contributed by atoms with Crippen LogP contribution in [0.1, 0.15) is 45.7 Å². The van der Waals surface area contributed by atoms with E-state index in [1.807, 2.05) is 0 Å². The van der Waals surface area contributed by atoms with E-state index in [4.69, 9.17) is 9.84 Å². The van der Waals surface area contributed by atoms with Crippen LogP contribution >= 0.6 is 11.3 Å². The second-order valence-corrected chi connectivity index (χ2v) is 9.31. The first-order chi connectivity index (χ1) is 16.4. The summed E-state index contributed by atoms with van der Waals surface area (Å²) in [6, 6.07) is 13.0. The lowest BCUT2D eigenvalue weighted by atomic mass is 9.87. The van der Waals surface area contributed by atoms with Gasteiger partial charge in [-0.05, 0) is 68.1 Å². The fourth-order valence-electron chi connectivity index (χ4n) is 3.98. The molecule has 3 aromatic rings. The average molecular weight is 485 g/mol. The summed E-state index contributed by atoms with van der Waals surface area (Å²) in [5.74, 6) is -1.34. The molecule has 0 spiro atoms. The molecular formula is C25H25FN2O5S. The molecule has 1 heterocycles. The van der Waals surface area contributed by atoms with Gasteiger partial charge in [-0.2, -0.15) is 0 Å². The van der Waals surface area contributed by atoms with Crippen molar-refractivity contribution in [3.63, 3.8) is 0 Å². The zero-order valence-electron chi connectivity index (χ0n) is 18.4. The Bertz CT molecular complexity index is 1190. The lowest BCUT2D eigenvalue weighted by Crippen LogP contribution is -2.34. The Balaban J connectivity index is 1.20. The van der Waals surface area contributed by atoms with Crippen molar-refractivity contribution in [3.8, 4) is 5.75 Å². The molecule has 0 saturated heterocycles. The van der Waals surface area contributed by atoms with Crippen LogP contribution in [0.2, 0.25) is 0 Å². The third-order valence-corrected chi connectivity index (χ3v) is 6.97. The molecule has 0 radical (unpaired) electrons. The Morgan fingerprint density at radius 2 is 1.65 bits per heavy atom. The maximum Gasteiger partial charge on any atom is 0.306 e. The first-order valence-electron chi connectivity index (χ1n) is 11.1. The molecule has 0 bridgehead atoms. The molecule has 1 saturated carbocycles. The Kier molecular flexibility index (Phi) is 7.42. The summed E-state index contributed by atoms with van der Waals surface area (Å²) in [4.78, 5) is 36.1. The van der Waals surface area contributed by atoms with E-state index < -0.39 is 5.97 Å². The monoisotopic (exact) mass is 484 g/mol. The number of fused-ring (bicyclic) bond motifs is 1. The molecule has 3 N–H and O–H groups in total. The second-order valence-electron chi connectivity index (χ2n) is 8.23. The van der Waals surface area contributed by atoms with Crippen LogP contribution in [0.25, 0.3) is 10.1 Å². The van der Waals surface area contributed by atoms with Crippen LogP contribution in [0, 0.1) is 11.7 Å². The van der Waals surface area contributed by atoms with Crippen LogP contribution in [0.15, 0.2) is 48.5 Å². The van der Waals surface area contributed by atoms with Gasteiger partial charge in [0, 0.05) is 28.7 Å². The zero-order chi connectivity index (χ0) is 24.1. The first-order valence-corrected chi connectivity index (χ1v) is 12.0. The highest BCUT2D eigenvalue weighted by Gasteiger charge is 2.26. The largest absolute Gasteiger partial charge is 0.490 e. The molecule has 7 nitrogen and oxygen atoms in total. The van der Waals surface area contributed by atoms with Gasteiger partial charge in [0.1, 0.15) is 11.6 Å². The van der Waals surface area contributed by atoms with E-state index in [-0.39, 0.29) is 42.7 Å². The lowest BCUT2D eigenvalue weighted by molar-refractivity contribution is -0.143. The number of carboxylic acids is 1. The van der Waals surface area contributed by atoms with Crippen LogP contribution in [0.3, 0.4) is 0 Å². The molecule has 1 aliphatic carbocycles. The van der Waals surface area contributed by atoms with Crippen LogP contribution in [0.4, 0.5) is 4.39 Å². The normalized spacial score (nSPS) is 17.8. The minimum atomic E-state index is -0.746.